The number of benzene rings is 3. The topological polar surface area (TPSA) is 90.3 Å². The van der Waals surface area contributed by atoms with Crippen molar-refractivity contribution in [3.05, 3.63) is 90.0 Å². The van der Waals surface area contributed by atoms with Gasteiger partial charge in [-0.15, -0.1) is 0 Å². The van der Waals surface area contributed by atoms with Gasteiger partial charge in [0.1, 0.15) is 0 Å². The van der Waals surface area contributed by atoms with Crippen LogP contribution in [0.1, 0.15) is 36.9 Å². The highest BCUT2D eigenvalue weighted by Gasteiger charge is 2.32. The fourth-order valence-corrected chi connectivity index (χ4v) is 5.69. The lowest BCUT2D eigenvalue weighted by Gasteiger charge is -2.31. The molecule has 1 aliphatic rings. The Balaban J connectivity index is 1.33. The molecule has 174 valence electrons. The first-order valence-electron chi connectivity index (χ1n) is 11.3. The van der Waals surface area contributed by atoms with Gasteiger partial charge in [0, 0.05) is 19.0 Å². The zero-order valence-electron chi connectivity index (χ0n) is 19.0. The molecule has 0 aromatic heterocycles. The van der Waals surface area contributed by atoms with Crippen LogP contribution in [-0.2, 0) is 14.8 Å². The third-order valence-corrected chi connectivity index (χ3v) is 8.24. The average molecular weight is 474 g/mol. The van der Waals surface area contributed by atoms with Gasteiger partial charge in [0.2, 0.25) is 15.9 Å². The van der Waals surface area contributed by atoms with Crippen LogP contribution in [0.2, 0.25) is 0 Å². The molecule has 0 bridgehead atoms. The molecule has 1 saturated heterocycles. The number of hydrogen-bond donors (Lipinski definition) is 1. The van der Waals surface area contributed by atoms with E-state index in [4.69, 9.17) is 5.26 Å². The molecular formula is C27H27N3O3S. The van der Waals surface area contributed by atoms with Crippen molar-refractivity contribution in [1.29, 1.82) is 5.26 Å². The van der Waals surface area contributed by atoms with Crippen LogP contribution >= 0.6 is 0 Å². The van der Waals surface area contributed by atoms with Crippen LogP contribution < -0.4 is 5.32 Å². The number of nitrogens with one attached hydrogen (secondary N) is 1. The number of hydrogen-bond acceptors (Lipinski definition) is 4. The second kappa shape index (κ2) is 10.2. The smallest absolute Gasteiger partial charge is 0.243 e. The molecule has 0 saturated carbocycles. The quantitative estimate of drug-likeness (QED) is 0.571. The van der Waals surface area contributed by atoms with Gasteiger partial charge in [-0.05, 0) is 60.7 Å². The normalized spacial score (nSPS) is 15.9. The van der Waals surface area contributed by atoms with Gasteiger partial charge >= 0.3 is 0 Å². The van der Waals surface area contributed by atoms with Crippen molar-refractivity contribution in [2.45, 2.75) is 30.7 Å². The largest absolute Gasteiger partial charge is 0.349 e. The molecule has 1 unspecified atom stereocenters. The molecule has 3 aromatic carbocycles. The summed E-state index contributed by atoms with van der Waals surface area (Å²) in [6.07, 6.45) is 0.946. The summed E-state index contributed by atoms with van der Waals surface area (Å²) in [5.74, 6) is -0.270. The van der Waals surface area contributed by atoms with Gasteiger partial charge in [-0.2, -0.15) is 9.57 Å². The van der Waals surface area contributed by atoms with Gasteiger partial charge in [-0.3, -0.25) is 4.79 Å². The number of rotatable bonds is 6. The van der Waals surface area contributed by atoms with Crippen molar-refractivity contribution in [1.82, 2.24) is 9.62 Å². The van der Waals surface area contributed by atoms with Crippen molar-refractivity contribution in [3.63, 3.8) is 0 Å². The summed E-state index contributed by atoms with van der Waals surface area (Å²) < 4.78 is 27.2. The molecule has 4 rings (SSSR count). The SMILES string of the molecule is CC(NC(=O)C1CCN(S(=O)(=O)c2ccc(C#N)cc2)CC1)c1ccc(-c2ccccc2)cc1. The highest BCUT2D eigenvalue weighted by atomic mass is 32.2. The van der Waals surface area contributed by atoms with E-state index in [1.165, 1.54) is 28.6 Å². The minimum atomic E-state index is -3.64. The van der Waals surface area contributed by atoms with Gasteiger partial charge in [-0.25, -0.2) is 8.42 Å². The van der Waals surface area contributed by atoms with E-state index >= 15 is 0 Å². The van der Waals surface area contributed by atoms with E-state index in [0.717, 1.165) is 16.7 Å². The third-order valence-electron chi connectivity index (χ3n) is 6.32. The highest BCUT2D eigenvalue weighted by Crippen LogP contribution is 2.26. The predicted molar refractivity (Wildman–Crippen MR) is 131 cm³/mol. The molecule has 0 spiro atoms. The number of sulfonamides is 1. The van der Waals surface area contributed by atoms with Gasteiger partial charge in [0.25, 0.3) is 0 Å². The molecule has 1 amide bonds. The number of nitrogens with zero attached hydrogens (tertiary/aromatic N) is 2. The van der Waals surface area contributed by atoms with Crippen LogP contribution in [0.4, 0.5) is 0 Å². The zero-order valence-corrected chi connectivity index (χ0v) is 19.8. The van der Waals surface area contributed by atoms with Gasteiger partial charge < -0.3 is 5.32 Å². The highest BCUT2D eigenvalue weighted by molar-refractivity contribution is 7.89. The maximum Gasteiger partial charge on any atom is 0.243 e. The molecule has 34 heavy (non-hydrogen) atoms. The lowest BCUT2D eigenvalue weighted by Crippen LogP contribution is -2.43. The second-order valence-corrected chi connectivity index (χ2v) is 10.5. The Morgan fingerprint density at radius 3 is 2.12 bits per heavy atom. The standard InChI is InChI=1S/C27H27N3O3S/c1-20(22-9-11-24(12-10-22)23-5-3-2-4-6-23)29-27(31)25-15-17-30(18-16-25)34(32,33)26-13-7-21(19-28)8-14-26/h2-14,20,25H,15-18H2,1H3,(H,29,31). The Labute approximate surface area is 200 Å². The Hall–Kier alpha value is -3.47. The molecule has 0 radical (unpaired) electrons. The third kappa shape index (κ3) is 5.19. The monoisotopic (exact) mass is 473 g/mol. The van der Waals surface area contributed by atoms with E-state index in [1.807, 2.05) is 43.3 Å². The summed E-state index contributed by atoms with van der Waals surface area (Å²) in [4.78, 5) is 13.0. The van der Waals surface area contributed by atoms with E-state index in [2.05, 4.69) is 29.6 Å². The first kappa shape index (κ1) is 23.7. The van der Waals surface area contributed by atoms with Crippen molar-refractivity contribution in [2.75, 3.05) is 13.1 Å². The Morgan fingerprint density at radius 2 is 1.53 bits per heavy atom. The van der Waals surface area contributed by atoms with E-state index < -0.39 is 10.0 Å². The predicted octanol–water partition coefficient (Wildman–Crippen LogP) is 4.50. The number of nitriles is 1. The minimum absolute atomic E-state index is 0.0462. The fraction of sp³-hybridized carbons (Fsp3) is 0.259. The Morgan fingerprint density at radius 1 is 0.941 bits per heavy atom. The molecule has 7 heteroatoms. The average Bonchev–Trinajstić information content (AvgIpc) is 2.89. The maximum absolute atomic E-state index is 12.9. The molecule has 1 aliphatic heterocycles. The Kier molecular flexibility index (Phi) is 7.11. The molecule has 3 aromatic rings. The first-order valence-corrected chi connectivity index (χ1v) is 12.8. The molecule has 1 fully saturated rings. The van der Waals surface area contributed by atoms with Crippen molar-refractivity contribution < 1.29 is 13.2 Å². The van der Waals surface area contributed by atoms with Crippen molar-refractivity contribution in [2.24, 2.45) is 5.92 Å². The number of piperidine rings is 1. The van der Waals surface area contributed by atoms with Crippen LogP contribution in [-0.4, -0.2) is 31.7 Å². The molecule has 1 atom stereocenters. The van der Waals surface area contributed by atoms with Crippen molar-refractivity contribution >= 4 is 15.9 Å². The second-order valence-electron chi connectivity index (χ2n) is 8.53. The van der Waals surface area contributed by atoms with Crippen LogP contribution in [0.5, 0.6) is 0 Å². The number of carbonyl (C=O) groups is 1. The summed E-state index contributed by atoms with van der Waals surface area (Å²) in [6.45, 7) is 2.54. The summed E-state index contributed by atoms with van der Waals surface area (Å²) >= 11 is 0. The molecular weight excluding hydrogens is 446 g/mol. The van der Waals surface area contributed by atoms with Gasteiger partial charge in [0.05, 0.1) is 22.6 Å². The number of carbonyl (C=O) groups excluding carboxylic acids is 1. The van der Waals surface area contributed by atoms with Crippen LogP contribution in [0.25, 0.3) is 11.1 Å². The summed E-state index contributed by atoms with van der Waals surface area (Å²) in [6, 6.07) is 26.1. The first-order chi connectivity index (χ1) is 16.4. The summed E-state index contributed by atoms with van der Waals surface area (Å²) in [5.41, 5.74) is 3.71. The molecule has 1 heterocycles. The van der Waals surface area contributed by atoms with Crippen LogP contribution in [0.3, 0.4) is 0 Å². The summed E-state index contributed by atoms with van der Waals surface area (Å²) in [7, 11) is -3.64. The molecule has 6 nitrogen and oxygen atoms in total. The van der Waals surface area contributed by atoms with Crippen molar-refractivity contribution in [3.8, 4) is 17.2 Å². The van der Waals surface area contributed by atoms with E-state index in [9.17, 15) is 13.2 Å². The van der Waals surface area contributed by atoms with Gasteiger partial charge in [0.15, 0.2) is 0 Å². The lowest BCUT2D eigenvalue weighted by atomic mass is 9.96. The van der Waals surface area contributed by atoms with Crippen LogP contribution in [0.15, 0.2) is 83.8 Å². The van der Waals surface area contributed by atoms with Crippen LogP contribution in [0, 0.1) is 17.2 Å². The lowest BCUT2D eigenvalue weighted by molar-refractivity contribution is -0.126. The minimum Gasteiger partial charge on any atom is -0.349 e. The van der Waals surface area contributed by atoms with E-state index in [1.54, 1.807) is 0 Å². The maximum atomic E-state index is 12.9. The zero-order chi connectivity index (χ0) is 24.1. The molecule has 1 N–H and O–H groups in total. The van der Waals surface area contributed by atoms with E-state index in [-0.39, 0.29) is 22.8 Å². The Bertz CT molecular complexity index is 1270. The van der Waals surface area contributed by atoms with Gasteiger partial charge in [-0.1, -0.05) is 54.6 Å². The number of amides is 1. The molecule has 0 aliphatic carbocycles. The fourth-order valence-electron chi connectivity index (χ4n) is 4.22. The van der Waals surface area contributed by atoms with E-state index in [0.29, 0.717) is 31.5 Å². The summed E-state index contributed by atoms with van der Waals surface area (Å²) in [5, 5.41) is 12.0.